The van der Waals surface area contributed by atoms with Crippen molar-refractivity contribution in [3.05, 3.63) is 57.0 Å². The van der Waals surface area contributed by atoms with Crippen LogP contribution in [0, 0.1) is 0 Å². The molecule has 0 heterocycles. The second kappa shape index (κ2) is 6.96. The number of halogens is 2. The maximum Gasteiger partial charge on any atom is 0.171 e. The van der Waals surface area contributed by atoms with E-state index < -0.39 is 0 Å². The van der Waals surface area contributed by atoms with Gasteiger partial charge < -0.3 is 9.47 Å². The van der Waals surface area contributed by atoms with Gasteiger partial charge in [-0.3, -0.25) is 4.79 Å². The zero-order valence-electron chi connectivity index (χ0n) is 11.7. The SMILES string of the molecule is COc1ccc(Cl)cc1CC(=O)c1ccc(Br)cc1OC. The number of carbonyl (C=O) groups excluding carboxylic acids is 1. The Balaban J connectivity index is 2.32. The van der Waals surface area contributed by atoms with Crippen LogP contribution in [-0.4, -0.2) is 20.0 Å². The van der Waals surface area contributed by atoms with Crippen LogP contribution in [0.15, 0.2) is 40.9 Å². The van der Waals surface area contributed by atoms with Crippen LogP contribution in [0.2, 0.25) is 5.02 Å². The molecule has 0 aliphatic carbocycles. The molecule has 0 aliphatic heterocycles. The first-order valence-corrected chi connectivity index (χ1v) is 7.41. The monoisotopic (exact) mass is 368 g/mol. The Hall–Kier alpha value is -1.52. The number of methoxy groups -OCH3 is 2. The van der Waals surface area contributed by atoms with Crippen LogP contribution in [0.5, 0.6) is 11.5 Å². The third kappa shape index (κ3) is 3.77. The van der Waals surface area contributed by atoms with E-state index in [4.69, 9.17) is 21.1 Å². The summed E-state index contributed by atoms with van der Waals surface area (Å²) in [7, 11) is 3.11. The molecule has 2 aromatic rings. The summed E-state index contributed by atoms with van der Waals surface area (Å²) in [5.41, 5.74) is 1.28. The van der Waals surface area contributed by atoms with Crippen molar-refractivity contribution in [1.82, 2.24) is 0 Å². The second-order valence-electron chi connectivity index (χ2n) is 4.40. The molecule has 3 nitrogen and oxygen atoms in total. The van der Waals surface area contributed by atoms with Crippen molar-refractivity contribution in [3.8, 4) is 11.5 Å². The van der Waals surface area contributed by atoms with E-state index in [9.17, 15) is 4.79 Å². The fourth-order valence-electron chi connectivity index (χ4n) is 2.05. The molecule has 0 fully saturated rings. The number of hydrogen-bond donors (Lipinski definition) is 0. The number of hydrogen-bond acceptors (Lipinski definition) is 3. The highest BCUT2D eigenvalue weighted by Gasteiger charge is 2.15. The Morgan fingerprint density at radius 2 is 1.81 bits per heavy atom. The van der Waals surface area contributed by atoms with Crippen molar-refractivity contribution >= 4 is 33.3 Å². The third-order valence-corrected chi connectivity index (χ3v) is 3.79. The van der Waals surface area contributed by atoms with E-state index in [1.807, 2.05) is 6.07 Å². The zero-order valence-corrected chi connectivity index (χ0v) is 14.0. The normalized spacial score (nSPS) is 10.3. The van der Waals surface area contributed by atoms with Gasteiger partial charge in [-0.2, -0.15) is 0 Å². The molecule has 21 heavy (non-hydrogen) atoms. The van der Waals surface area contributed by atoms with E-state index in [-0.39, 0.29) is 12.2 Å². The first kappa shape index (κ1) is 15.9. The molecule has 0 unspecified atom stereocenters. The summed E-state index contributed by atoms with van der Waals surface area (Å²) in [6.07, 6.45) is 0.196. The Labute approximate surface area is 137 Å². The molecule has 0 radical (unpaired) electrons. The van der Waals surface area contributed by atoms with Gasteiger partial charge in [-0.15, -0.1) is 0 Å². The fourth-order valence-corrected chi connectivity index (χ4v) is 2.58. The molecular formula is C16H14BrClO3. The van der Waals surface area contributed by atoms with Crippen LogP contribution < -0.4 is 9.47 Å². The highest BCUT2D eigenvalue weighted by molar-refractivity contribution is 9.10. The molecule has 5 heteroatoms. The van der Waals surface area contributed by atoms with Gasteiger partial charge in [-0.1, -0.05) is 27.5 Å². The lowest BCUT2D eigenvalue weighted by atomic mass is 10.0. The summed E-state index contributed by atoms with van der Waals surface area (Å²) < 4.78 is 11.4. The highest BCUT2D eigenvalue weighted by atomic mass is 79.9. The Morgan fingerprint density at radius 1 is 1.10 bits per heavy atom. The van der Waals surface area contributed by atoms with Crippen LogP contribution in [-0.2, 0) is 6.42 Å². The fraction of sp³-hybridized carbons (Fsp3) is 0.188. The van der Waals surface area contributed by atoms with Gasteiger partial charge in [0.1, 0.15) is 11.5 Å². The van der Waals surface area contributed by atoms with E-state index in [2.05, 4.69) is 15.9 Å². The van der Waals surface area contributed by atoms with Gasteiger partial charge in [-0.25, -0.2) is 0 Å². The second-order valence-corrected chi connectivity index (χ2v) is 5.75. The molecule has 0 saturated carbocycles. The predicted molar refractivity (Wildman–Crippen MR) is 86.7 cm³/mol. The molecule has 0 spiro atoms. The van der Waals surface area contributed by atoms with Crippen molar-refractivity contribution in [2.45, 2.75) is 6.42 Å². The molecular weight excluding hydrogens is 356 g/mol. The van der Waals surface area contributed by atoms with E-state index in [0.29, 0.717) is 22.1 Å². The molecule has 0 aromatic heterocycles. The Bertz CT molecular complexity index is 671. The van der Waals surface area contributed by atoms with Crippen molar-refractivity contribution < 1.29 is 14.3 Å². The predicted octanol–water partition coefficient (Wildman–Crippen LogP) is 4.55. The maximum atomic E-state index is 12.5. The van der Waals surface area contributed by atoms with Crippen LogP contribution in [0.3, 0.4) is 0 Å². The van der Waals surface area contributed by atoms with Crippen LogP contribution >= 0.6 is 27.5 Å². The minimum absolute atomic E-state index is 0.0556. The van der Waals surface area contributed by atoms with Crippen molar-refractivity contribution in [2.24, 2.45) is 0 Å². The third-order valence-electron chi connectivity index (χ3n) is 3.06. The van der Waals surface area contributed by atoms with Crippen molar-refractivity contribution in [1.29, 1.82) is 0 Å². The number of benzene rings is 2. The van der Waals surface area contributed by atoms with E-state index in [1.54, 1.807) is 44.6 Å². The summed E-state index contributed by atoms with van der Waals surface area (Å²) in [6.45, 7) is 0. The number of carbonyl (C=O) groups is 1. The molecule has 0 atom stereocenters. The standard InChI is InChI=1S/C16H14BrClO3/c1-20-15-6-4-12(18)7-10(15)8-14(19)13-5-3-11(17)9-16(13)21-2/h3-7,9H,8H2,1-2H3. The van der Waals surface area contributed by atoms with E-state index >= 15 is 0 Å². The quantitative estimate of drug-likeness (QED) is 0.726. The lowest BCUT2D eigenvalue weighted by molar-refractivity contribution is 0.0989. The van der Waals surface area contributed by atoms with E-state index in [0.717, 1.165) is 10.0 Å². The number of Topliss-reactive ketones (excluding diaryl/α,β-unsaturated/α-hetero) is 1. The summed E-state index contributed by atoms with van der Waals surface area (Å²) in [4.78, 5) is 12.5. The topological polar surface area (TPSA) is 35.5 Å². The molecule has 110 valence electrons. The molecule has 2 aromatic carbocycles. The first-order valence-electron chi connectivity index (χ1n) is 6.24. The van der Waals surface area contributed by atoms with Crippen molar-refractivity contribution in [3.63, 3.8) is 0 Å². The lowest BCUT2D eigenvalue weighted by Crippen LogP contribution is -2.07. The van der Waals surface area contributed by atoms with Crippen LogP contribution in [0.1, 0.15) is 15.9 Å². The molecule has 0 amide bonds. The first-order chi connectivity index (χ1) is 10.0. The van der Waals surface area contributed by atoms with Gasteiger partial charge in [0, 0.05) is 21.5 Å². The summed E-state index contributed by atoms with van der Waals surface area (Å²) in [5, 5.41) is 0.571. The number of ketones is 1. The Kier molecular flexibility index (Phi) is 5.26. The molecule has 0 aliphatic rings. The van der Waals surface area contributed by atoms with Gasteiger partial charge in [0.25, 0.3) is 0 Å². The minimum Gasteiger partial charge on any atom is -0.496 e. The Morgan fingerprint density at radius 3 is 2.48 bits per heavy atom. The molecule has 2 rings (SSSR count). The van der Waals surface area contributed by atoms with Gasteiger partial charge in [0.2, 0.25) is 0 Å². The van der Waals surface area contributed by atoms with Gasteiger partial charge >= 0.3 is 0 Å². The lowest BCUT2D eigenvalue weighted by Gasteiger charge is -2.11. The maximum absolute atomic E-state index is 12.5. The molecule has 0 bridgehead atoms. The smallest absolute Gasteiger partial charge is 0.171 e. The van der Waals surface area contributed by atoms with Crippen LogP contribution in [0.4, 0.5) is 0 Å². The van der Waals surface area contributed by atoms with Gasteiger partial charge in [-0.05, 0) is 36.4 Å². The highest BCUT2D eigenvalue weighted by Crippen LogP contribution is 2.28. The molecule has 0 N–H and O–H groups in total. The average molecular weight is 370 g/mol. The largest absolute Gasteiger partial charge is 0.496 e. The van der Waals surface area contributed by atoms with Crippen LogP contribution in [0.25, 0.3) is 0 Å². The molecule has 0 saturated heterocycles. The zero-order chi connectivity index (χ0) is 15.4. The van der Waals surface area contributed by atoms with E-state index in [1.165, 1.54) is 0 Å². The average Bonchev–Trinajstić information content (AvgIpc) is 2.47. The minimum atomic E-state index is -0.0556. The number of ether oxygens (including phenoxy) is 2. The summed E-state index contributed by atoms with van der Waals surface area (Å²) in [6, 6.07) is 10.5. The van der Waals surface area contributed by atoms with Gasteiger partial charge in [0.05, 0.1) is 19.8 Å². The summed E-state index contributed by atoms with van der Waals surface area (Å²) in [5.74, 6) is 1.12. The number of rotatable bonds is 5. The van der Waals surface area contributed by atoms with Gasteiger partial charge in [0.15, 0.2) is 5.78 Å². The van der Waals surface area contributed by atoms with Crippen molar-refractivity contribution in [2.75, 3.05) is 14.2 Å². The summed E-state index contributed by atoms with van der Waals surface area (Å²) >= 11 is 9.34.